The Hall–Kier alpha value is -0.0900. The lowest BCUT2D eigenvalue weighted by molar-refractivity contribution is 0.607. The summed E-state index contributed by atoms with van der Waals surface area (Å²) in [6.07, 6.45) is 0. The van der Waals surface area contributed by atoms with Crippen molar-refractivity contribution >= 4 is 22.8 Å². The second kappa shape index (κ2) is 5.05. The van der Waals surface area contributed by atoms with Gasteiger partial charge in [0.1, 0.15) is 5.84 Å². The first-order valence-electron chi connectivity index (χ1n) is 2.13. The van der Waals surface area contributed by atoms with Crippen molar-refractivity contribution in [3.05, 3.63) is 0 Å². The molecule has 0 aliphatic carbocycles. The van der Waals surface area contributed by atoms with Crippen LogP contribution in [-0.2, 0) is 0 Å². The third kappa shape index (κ3) is 4.08. The Labute approximate surface area is 60.1 Å². The van der Waals surface area contributed by atoms with E-state index >= 15 is 0 Å². The van der Waals surface area contributed by atoms with Crippen LogP contribution in [0.25, 0.3) is 0 Å². The van der Waals surface area contributed by atoms with Crippen LogP contribution >= 0.6 is 17.0 Å². The molecule has 0 aromatic carbocycles. The predicted octanol–water partition coefficient (Wildman–Crippen LogP) is 0.0619. The van der Waals surface area contributed by atoms with Crippen molar-refractivity contribution in [3.8, 4) is 0 Å². The number of halogens is 1. The number of hydrogen-bond donors (Lipinski definition) is 2. The third-order valence-corrected chi connectivity index (χ3v) is 0.733. The Kier molecular flexibility index (Phi) is 6.83. The van der Waals surface area contributed by atoms with Gasteiger partial charge < -0.3 is 10.6 Å². The molecule has 0 unspecified atom stereocenters. The number of nitrogens with one attached hydrogen (secondary N) is 1. The monoisotopic (exact) mass is 181 g/mol. The molecule has 0 saturated heterocycles. The molecule has 3 nitrogen and oxygen atoms in total. The molecule has 50 valence electrons. The van der Waals surface area contributed by atoms with Gasteiger partial charge in [0.2, 0.25) is 0 Å². The minimum Gasteiger partial charge on any atom is -0.366 e. The van der Waals surface area contributed by atoms with Crippen LogP contribution in [0.2, 0.25) is 0 Å². The molecule has 0 aromatic rings. The van der Waals surface area contributed by atoms with E-state index in [1.807, 2.05) is 0 Å². The lowest BCUT2D eigenvalue weighted by Gasteiger charge is -2.09. The van der Waals surface area contributed by atoms with Crippen LogP contribution in [-0.4, -0.2) is 31.4 Å². The van der Waals surface area contributed by atoms with Crippen LogP contribution < -0.4 is 5.73 Å². The maximum absolute atomic E-state index is 6.99. The summed E-state index contributed by atoms with van der Waals surface area (Å²) in [5.74, 6) is 0.458. The van der Waals surface area contributed by atoms with Crippen molar-refractivity contribution in [2.45, 2.75) is 0 Å². The highest BCUT2D eigenvalue weighted by molar-refractivity contribution is 8.93. The van der Waals surface area contributed by atoms with Crippen molar-refractivity contribution in [2.24, 2.45) is 5.73 Å². The summed E-state index contributed by atoms with van der Waals surface area (Å²) in [7, 11) is 3.60. The van der Waals surface area contributed by atoms with Crippen LogP contribution in [0.4, 0.5) is 0 Å². The molecule has 0 radical (unpaired) electrons. The van der Waals surface area contributed by atoms with E-state index in [2.05, 4.69) is 0 Å². The number of rotatable bonds is 1. The zero-order chi connectivity index (χ0) is 5.86. The lowest BCUT2D eigenvalue weighted by Crippen LogP contribution is -2.28. The molecule has 0 aliphatic heterocycles. The van der Waals surface area contributed by atoms with Gasteiger partial charge in [-0.05, 0) is 0 Å². The number of hydrogen-bond acceptors (Lipinski definition) is 2. The van der Waals surface area contributed by atoms with E-state index in [9.17, 15) is 0 Å². The van der Waals surface area contributed by atoms with Gasteiger partial charge in [-0.3, -0.25) is 5.41 Å². The van der Waals surface area contributed by atoms with Crippen molar-refractivity contribution in [3.63, 3.8) is 0 Å². The number of nitrogens with zero attached hydrogens (tertiary/aromatic N) is 1. The molecule has 0 rings (SSSR count). The molecule has 0 saturated carbocycles. The van der Waals surface area contributed by atoms with Crippen LogP contribution in [0.3, 0.4) is 0 Å². The normalized spacial score (nSPS) is 7.38. The Bertz CT molecular complexity index is 71.7. The first-order chi connectivity index (χ1) is 3.18. The summed E-state index contributed by atoms with van der Waals surface area (Å²) in [5.41, 5.74) is 5.11. The Morgan fingerprint density at radius 1 is 1.62 bits per heavy atom. The number of nitrogens with two attached hydrogens (primary N) is 1. The van der Waals surface area contributed by atoms with E-state index in [1.54, 1.807) is 19.0 Å². The number of likely N-dealkylation sites (N-methyl/N-ethyl adjacent to an activating group) is 1. The highest BCUT2D eigenvalue weighted by Crippen LogP contribution is 1.71. The third-order valence-electron chi connectivity index (χ3n) is 0.733. The zero-order valence-electron chi connectivity index (χ0n) is 5.14. The second-order valence-electron chi connectivity index (χ2n) is 1.55. The molecular weight excluding hydrogens is 170 g/mol. The van der Waals surface area contributed by atoms with Crippen LogP contribution in [0.15, 0.2) is 0 Å². The molecule has 0 fully saturated rings. The fourth-order valence-electron chi connectivity index (χ4n) is 0.183. The molecule has 0 aliphatic rings. The standard InChI is InChI=1S/C4H11N3.BrH/c1-7(2)4(6)3-5;/h6H,3,5H2,1-2H3;1H. The first kappa shape index (κ1) is 10.8. The maximum atomic E-state index is 6.99. The minimum absolute atomic E-state index is 0. The van der Waals surface area contributed by atoms with Gasteiger partial charge in [-0.25, -0.2) is 0 Å². The molecular formula is C4H12BrN3. The van der Waals surface area contributed by atoms with E-state index in [4.69, 9.17) is 11.1 Å². The van der Waals surface area contributed by atoms with Crippen molar-refractivity contribution in [2.75, 3.05) is 20.6 Å². The summed E-state index contributed by atoms with van der Waals surface area (Å²) in [5, 5.41) is 6.99. The maximum Gasteiger partial charge on any atom is 0.109 e. The van der Waals surface area contributed by atoms with Crippen LogP contribution in [0, 0.1) is 5.41 Å². The fraction of sp³-hybridized carbons (Fsp3) is 0.750. The lowest BCUT2D eigenvalue weighted by atomic mass is 10.5. The van der Waals surface area contributed by atoms with Gasteiger partial charge in [-0.1, -0.05) is 0 Å². The summed E-state index contributed by atoms with van der Waals surface area (Å²) >= 11 is 0. The summed E-state index contributed by atoms with van der Waals surface area (Å²) < 4.78 is 0. The predicted molar refractivity (Wildman–Crippen MR) is 40.8 cm³/mol. The molecule has 8 heavy (non-hydrogen) atoms. The zero-order valence-corrected chi connectivity index (χ0v) is 6.85. The molecule has 4 heteroatoms. The van der Waals surface area contributed by atoms with Gasteiger partial charge in [-0.2, -0.15) is 0 Å². The van der Waals surface area contributed by atoms with Crippen LogP contribution in [0.5, 0.6) is 0 Å². The molecule has 0 amide bonds. The van der Waals surface area contributed by atoms with E-state index in [0.717, 1.165) is 0 Å². The summed E-state index contributed by atoms with van der Waals surface area (Å²) in [4.78, 5) is 1.68. The van der Waals surface area contributed by atoms with E-state index < -0.39 is 0 Å². The highest BCUT2D eigenvalue weighted by atomic mass is 79.9. The summed E-state index contributed by atoms with van der Waals surface area (Å²) in [6, 6.07) is 0. The molecule has 0 atom stereocenters. The first-order valence-corrected chi connectivity index (χ1v) is 2.13. The van der Waals surface area contributed by atoms with E-state index in [0.29, 0.717) is 12.4 Å². The molecule has 0 spiro atoms. The van der Waals surface area contributed by atoms with Gasteiger partial charge in [0.15, 0.2) is 0 Å². The molecule has 3 N–H and O–H groups in total. The van der Waals surface area contributed by atoms with Crippen LogP contribution in [0.1, 0.15) is 0 Å². The van der Waals surface area contributed by atoms with E-state index in [-0.39, 0.29) is 17.0 Å². The topological polar surface area (TPSA) is 53.1 Å². The van der Waals surface area contributed by atoms with Crippen molar-refractivity contribution < 1.29 is 0 Å². The average Bonchev–Trinajstić information content (AvgIpc) is 1.65. The highest BCUT2D eigenvalue weighted by Gasteiger charge is 1.90. The fourth-order valence-corrected chi connectivity index (χ4v) is 0.183. The Morgan fingerprint density at radius 2 is 2.00 bits per heavy atom. The number of amidine groups is 1. The second-order valence-corrected chi connectivity index (χ2v) is 1.55. The summed E-state index contributed by atoms with van der Waals surface area (Å²) in [6.45, 7) is 0.326. The molecule has 0 aromatic heterocycles. The van der Waals surface area contributed by atoms with Gasteiger partial charge >= 0.3 is 0 Å². The van der Waals surface area contributed by atoms with Gasteiger partial charge in [0.05, 0.1) is 6.54 Å². The Balaban J connectivity index is 0. The van der Waals surface area contributed by atoms with Gasteiger partial charge in [0, 0.05) is 14.1 Å². The Morgan fingerprint density at radius 3 is 2.00 bits per heavy atom. The molecule has 0 bridgehead atoms. The van der Waals surface area contributed by atoms with Crippen molar-refractivity contribution in [1.82, 2.24) is 4.90 Å². The van der Waals surface area contributed by atoms with Gasteiger partial charge in [0.25, 0.3) is 0 Å². The smallest absolute Gasteiger partial charge is 0.109 e. The van der Waals surface area contributed by atoms with Gasteiger partial charge in [-0.15, -0.1) is 17.0 Å². The van der Waals surface area contributed by atoms with Crippen molar-refractivity contribution in [1.29, 1.82) is 5.41 Å². The largest absolute Gasteiger partial charge is 0.366 e. The quantitative estimate of drug-likeness (QED) is 0.445. The average molecular weight is 182 g/mol. The minimum atomic E-state index is 0. The van der Waals surface area contributed by atoms with E-state index in [1.165, 1.54) is 0 Å². The SMILES string of the molecule is Br.CN(C)C(=N)CN. The molecule has 0 heterocycles.